The van der Waals surface area contributed by atoms with Crippen LogP contribution in [0.15, 0.2) is 0 Å². The van der Waals surface area contributed by atoms with E-state index in [9.17, 15) is 13.2 Å². The molecule has 1 amide bonds. The summed E-state index contributed by atoms with van der Waals surface area (Å²) in [6, 6.07) is -0.0335. The van der Waals surface area contributed by atoms with Crippen molar-refractivity contribution in [3.8, 4) is 0 Å². The van der Waals surface area contributed by atoms with Gasteiger partial charge in [-0.15, -0.1) is 12.4 Å². The van der Waals surface area contributed by atoms with E-state index in [-0.39, 0.29) is 30.4 Å². The quantitative estimate of drug-likeness (QED) is 0.708. The number of nitrogens with zero attached hydrogens (tertiary/aromatic N) is 1. The molecule has 0 aliphatic carbocycles. The van der Waals surface area contributed by atoms with Gasteiger partial charge in [-0.05, 0) is 12.8 Å². The summed E-state index contributed by atoms with van der Waals surface area (Å²) in [5.41, 5.74) is 0. The van der Waals surface area contributed by atoms with Crippen molar-refractivity contribution in [2.75, 3.05) is 39.1 Å². The Bertz CT molecular complexity index is 440. The average molecular weight is 342 g/mol. The van der Waals surface area contributed by atoms with Gasteiger partial charge in [0, 0.05) is 38.1 Å². The van der Waals surface area contributed by atoms with Crippen LogP contribution >= 0.6 is 12.4 Å². The van der Waals surface area contributed by atoms with Gasteiger partial charge in [-0.3, -0.25) is 4.79 Å². The summed E-state index contributed by atoms with van der Waals surface area (Å²) < 4.78 is 29.8. The van der Waals surface area contributed by atoms with Crippen molar-refractivity contribution in [1.82, 2.24) is 14.9 Å². The molecule has 2 fully saturated rings. The van der Waals surface area contributed by atoms with E-state index in [1.165, 1.54) is 10.6 Å². The van der Waals surface area contributed by atoms with Crippen LogP contribution in [0.3, 0.4) is 0 Å². The van der Waals surface area contributed by atoms with Gasteiger partial charge in [0.25, 0.3) is 0 Å². The Morgan fingerprint density at radius 2 is 2.24 bits per heavy atom. The van der Waals surface area contributed by atoms with Crippen molar-refractivity contribution in [2.24, 2.45) is 0 Å². The lowest BCUT2D eigenvalue weighted by Gasteiger charge is -2.32. The first-order valence-electron chi connectivity index (χ1n) is 7.01. The zero-order valence-electron chi connectivity index (χ0n) is 12.2. The van der Waals surface area contributed by atoms with Gasteiger partial charge in [0.1, 0.15) is 0 Å². The molecule has 2 aliphatic rings. The lowest BCUT2D eigenvalue weighted by atomic mass is 10.1. The summed E-state index contributed by atoms with van der Waals surface area (Å²) in [5.74, 6) is -0.0478. The smallest absolute Gasteiger partial charge is 0.221 e. The van der Waals surface area contributed by atoms with Gasteiger partial charge in [0.2, 0.25) is 15.9 Å². The van der Waals surface area contributed by atoms with E-state index in [2.05, 4.69) is 10.6 Å². The first-order chi connectivity index (χ1) is 9.45. The number of nitrogens with one attached hydrogen (secondary N) is 2. The average Bonchev–Trinajstić information content (AvgIpc) is 2.39. The second-order valence-electron chi connectivity index (χ2n) is 5.46. The zero-order valence-corrected chi connectivity index (χ0v) is 13.8. The fourth-order valence-corrected chi connectivity index (χ4v) is 3.53. The number of amides is 1. The van der Waals surface area contributed by atoms with Crippen LogP contribution in [0.1, 0.15) is 19.3 Å². The molecule has 9 heteroatoms. The largest absolute Gasteiger partial charge is 0.378 e. The molecule has 2 rings (SSSR count). The molecule has 0 bridgehead atoms. The second-order valence-corrected chi connectivity index (χ2v) is 7.44. The number of morpholine rings is 1. The minimum absolute atomic E-state index is 0. The fraction of sp³-hybridized carbons (Fsp3) is 0.917. The van der Waals surface area contributed by atoms with Gasteiger partial charge < -0.3 is 15.4 Å². The predicted octanol–water partition coefficient (Wildman–Crippen LogP) is -0.673. The number of hydrogen-bond donors (Lipinski definition) is 2. The molecular weight excluding hydrogens is 318 g/mol. The summed E-state index contributed by atoms with van der Waals surface area (Å²) >= 11 is 0. The van der Waals surface area contributed by atoms with Gasteiger partial charge >= 0.3 is 0 Å². The van der Waals surface area contributed by atoms with E-state index in [1.807, 2.05) is 0 Å². The third-order valence-corrected chi connectivity index (χ3v) is 4.92. The first-order valence-corrected chi connectivity index (χ1v) is 8.85. The van der Waals surface area contributed by atoms with Crippen LogP contribution in [0.5, 0.6) is 0 Å². The predicted molar refractivity (Wildman–Crippen MR) is 82.1 cm³/mol. The molecule has 0 spiro atoms. The van der Waals surface area contributed by atoms with Crippen LogP contribution in [0.25, 0.3) is 0 Å². The summed E-state index contributed by atoms with van der Waals surface area (Å²) in [6.45, 7) is 2.92. The Morgan fingerprint density at radius 3 is 2.86 bits per heavy atom. The van der Waals surface area contributed by atoms with Crippen molar-refractivity contribution in [2.45, 2.75) is 31.3 Å². The Hall–Kier alpha value is -0.410. The lowest BCUT2D eigenvalue weighted by molar-refractivity contribution is -0.123. The Balaban J connectivity index is 0.00000220. The zero-order chi connectivity index (χ0) is 14.6. The Kier molecular flexibility index (Phi) is 7.35. The molecule has 2 atom stereocenters. The van der Waals surface area contributed by atoms with Gasteiger partial charge in [-0.1, -0.05) is 0 Å². The number of sulfonamides is 1. The molecule has 0 saturated carbocycles. The van der Waals surface area contributed by atoms with Gasteiger partial charge in [-0.25, -0.2) is 12.7 Å². The minimum atomic E-state index is -3.17. The fourth-order valence-electron chi connectivity index (χ4n) is 2.62. The number of hydrogen-bond acceptors (Lipinski definition) is 5. The molecule has 21 heavy (non-hydrogen) atoms. The maximum Gasteiger partial charge on any atom is 0.221 e. The number of halogens is 1. The number of carbonyl (C=O) groups is 1. The highest BCUT2D eigenvalue weighted by Gasteiger charge is 2.27. The summed E-state index contributed by atoms with van der Waals surface area (Å²) in [6.07, 6.45) is 3.19. The van der Waals surface area contributed by atoms with Gasteiger partial charge in [0.15, 0.2) is 0 Å². The van der Waals surface area contributed by atoms with Crippen LogP contribution in [-0.4, -0.2) is 69.8 Å². The molecule has 0 aromatic carbocycles. The van der Waals surface area contributed by atoms with Crippen molar-refractivity contribution < 1.29 is 17.9 Å². The molecule has 0 aromatic heterocycles. The molecule has 2 N–H and O–H groups in total. The summed E-state index contributed by atoms with van der Waals surface area (Å²) in [5, 5.41) is 6.16. The summed E-state index contributed by atoms with van der Waals surface area (Å²) in [4.78, 5) is 12.0. The lowest BCUT2D eigenvalue weighted by Crippen LogP contribution is -2.51. The number of carbonyl (C=O) groups excluding carboxylic acids is 1. The maximum atomic E-state index is 12.0. The van der Waals surface area contributed by atoms with E-state index >= 15 is 0 Å². The third-order valence-electron chi connectivity index (χ3n) is 3.65. The molecule has 0 aromatic rings. The minimum Gasteiger partial charge on any atom is -0.378 e. The van der Waals surface area contributed by atoms with Crippen LogP contribution in [0.4, 0.5) is 0 Å². The first kappa shape index (κ1) is 18.6. The highest BCUT2D eigenvalue weighted by atomic mass is 35.5. The summed E-state index contributed by atoms with van der Waals surface area (Å²) in [7, 11) is -3.17. The van der Waals surface area contributed by atoms with Gasteiger partial charge in [0.05, 0.1) is 19.5 Å². The Morgan fingerprint density at radius 1 is 1.48 bits per heavy atom. The molecule has 0 radical (unpaired) electrons. The molecule has 2 saturated heterocycles. The molecule has 124 valence electrons. The van der Waals surface area contributed by atoms with E-state index < -0.39 is 10.0 Å². The van der Waals surface area contributed by atoms with E-state index in [0.29, 0.717) is 32.7 Å². The number of ether oxygens (including phenoxy) is 1. The molecule has 2 heterocycles. The van der Waals surface area contributed by atoms with Crippen molar-refractivity contribution in [1.29, 1.82) is 0 Å². The van der Waals surface area contributed by atoms with E-state index in [0.717, 1.165) is 19.4 Å². The van der Waals surface area contributed by atoms with Gasteiger partial charge in [-0.2, -0.15) is 0 Å². The highest BCUT2D eigenvalue weighted by Crippen LogP contribution is 2.13. The monoisotopic (exact) mass is 341 g/mol. The third kappa shape index (κ3) is 6.07. The number of piperidine rings is 1. The molecule has 7 nitrogen and oxygen atoms in total. The Labute approximate surface area is 132 Å². The molecule has 2 aliphatic heterocycles. The number of rotatable bonds is 4. The van der Waals surface area contributed by atoms with Crippen molar-refractivity contribution in [3.05, 3.63) is 0 Å². The SMILES string of the molecule is CS(=O)(=O)N1CCCC(NC(=O)CC2COCCN2)C1.Cl. The van der Waals surface area contributed by atoms with Crippen molar-refractivity contribution >= 4 is 28.3 Å². The standard InChI is InChI=1S/C12H23N3O4S.ClH/c1-20(17,18)15-5-2-3-10(8-15)14-12(16)7-11-9-19-6-4-13-11;/h10-11,13H,2-9H2,1H3,(H,14,16);1H. The van der Waals surface area contributed by atoms with E-state index in [1.54, 1.807) is 0 Å². The topological polar surface area (TPSA) is 87.7 Å². The highest BCUT2D eigenvalue weighted by molar-refractivity contribution is 7.88. The van der Waals surface area contributed by atoms with Crippen molar-refractivity contribution in [3.63, 3.8) is 0 Å². The maximum absolute atomic E-state index is 12.0. The molecular formula is C12H24ClN3O4S. The van der Waals surface area contributed by atoms with Crippen LogP contribution in [-0.2, 0) is 19.6 Å². The van der Waals surface area contributed by atoms with Crippen LogP contribution in [0, 0.1) is 0 Å². The van der Waals surface area contributed by atoms with Crippen LogP contribution < -0.4 is 10.6 Å². The normalized spacial score (nSPS) is 27.7. The van der Waals surface area contributed by atoms with Crippen LogP contribution in [0.2, 0.25) is 0 Å². The molecule has 2 unspecified atom stereocenters. The second kappa shape index (κ2) is 8.28. The van der Waals surface area contributed by atoms with E-state index in [4.69, 9.17) is 4.74 Å².